The molecule has 0 saturated heterocycles. The van der Waals surface area contributed by atoms with Crippen LogP contribution in [-0.4, -0.2) is 12.8 Å². The molecule has 0 unspecified atom stereocenters. The summed E-state index contributed by atoms with van der Waals surface area (Å²) in [6.07, 6.45) is 2.08. The van der Waals surface area contributed by atoms with Crippen molar-refractivity contribution >= 4 is 11.8 Å². The maximum Gasteiger partial charge on any atom is 0.117 e. The Morgan fingerprint density at radius 2 is 2.07 bits per heavy atom. The van der Waals surface area contributed by atoms with Crippen LogP contribution < -0.4 is 5.32 Å². The highest BCUT2D eigenvalue weighted by Gasteiger charge is 2.01. The molecular formula is C11H19NOS. The van der Waals surface area contributed by atoms with E-state index in [9.17, 15) is 0 Å². The van der Waals surface area contributed by atoms with E-state index in [2.05, 4.69) is 37.6 Å². The van der Waals surface area contributed by atoms with Crippen molar-refractivity contribution in [3.8, 4) is 0 Å². The Kier molecular flexibility index (Phi) is 5.12. The minimum absolute atomic E-state index is 0.690. The predicted octanol–water partition coefficient (Wildman–Crippen LogP) is 2.89. The maximum absolute atomic E-state index is 5.62. The van der Waals surface area contributed by atoms with Crippen molar-refractivity contribution in [2.75, 3.05) is 12.8 Å². The number of rotatable bonds is 6. The molecule has 3 heteroatoms. The fraction of sp³-hybridized carbons (Fsp3) is 0.636. The monoisotopic (exact) mass is 213 g/mol. The van der Waals surface area contributed by atoms with E-state index in [0.717, 1.165) is 30.4 Å². The van der Waals surface area contributed by atoms with Crippen LogP contribution in [0.1, 0.15) is 25.4 Å². The van der Waals surface area contributed by atoms with Gasteiger partial charge in [0.1, 0.15) is 11.5 Å². The minimum Gasteiger partial charge on any atom is -0.464 e. The van der Waals surface area contributed by atoms with Crippen LogP contribution in [0.25, 0.3) is 0 Å². The van der Waals surface area contributed by atoms with Crippen LogP contribution >= 0.6 is 11.8 Å². The van der Waals surface area contributed by atoms with Gasteiger partial charge in [0.25, 0.3) is 0 Å². The molecule has 0 spiro atoms. The number of thioether (sulfide) groups is 1. The second-order valence-electron chi connectivity index (χ2n) is 3.83. The molecule has 0 bridgehead atoms. The van der Waals surface area contributed by atoms with Gasteiger partial charge in [0.05, 0.1) is 12.3 Å². The molecule has 2 nitrogen and oxygen atoms in total. The Morgan fingerprint density at radius 3 is 2.71 bits per heavy atom. The van der Waals surface area contributed by atoms with E-state index in [1.807, 2.05) is 0 Å². The summed E-state index contributed by atoms with van der Waals surface area (Å²) < 4.78 is 5.62. The van der Waals surface area contributed by atoms with E-state index in [4.69, 9.17) is 4.42 Å². The lowest BCUT2D eigenvalue weighted by atomic mass is 10.2. The quantitative estimate of drug-likeness (QED) is 0.786. The van der Waals surface area contributed by atoms with Gasteiger partial charge in [0.2, 0.25) is 0 Å². The lowest BCUT2D eigenvalue weighted by Crippen LogP contribution is -2.18. The number of furan rings is 1. The fourth-order valence-corrected chi connectivity index (χ4v) is 1.66. The predicted molar refractivity (Wildman–Crippen MR) is 62.5 cm³/mol. The summed E-state index contributed by atoms with van der Waals surface area (Å²) in [4.78, 5) is 0. The highest BCUT2D eigenvalue weighted by Crippen LogP contribution is 2.13. The highest BCUT2D eigenvalue weighted by molar-refractivity contribution is 7.97. The number of nitrogens with one attached hydrogen (secondary N) is 1. The van der Waals surface area contributed by atoms with Gasteiger partial charge >= 0.3 is 0 Å². The fourth-order valence-electron chi connectivity index (χ4n) is 1.22. The van der Waals surface area contributed by atoms with Crippen molar-refractivity contribution in [2.24, 2.45) is 5.92 Å². The Morgan fingerprint density at radius 1 is 1.36 bits per heavy atom. The van der Waals surface area contributed by atoms with Gasteiger partial charge in [-0.2, -0.15) is 11.8 Å². The lowest BCUT2D eigenvalue weighted by molar-refractivity contribution is 0.446. The second-order valence-corrected chi connectivity index (χ2v) is 4.69. The molecular weight excluding hydrogens is 194 g/mol. The summed E-state index contributed by atoms with van der Waals surface area (Å²) in [5.74, 6) is 3.76. The van der Waals surface area contributed by atoms with Crippen LogP contribution in [0.4, 0.5) is 0 Å². The summed E-state index contributed by atoms with van der Waals surface area (Å²) in [5, 5.41) is 3.36. The average Bonchev–Trinajstić information content (AvgIpc) is 2.53. The summed E-state index contributed by atoms with van der Waals surface area (Å²) in [5.41, 5.74) is 0. The first-order chi connectivity index (χ1) is 6.72. The standard InChI is InChI=1S/C11H19NOS/c1-9(2)6-12-7-10-4-5-11(13-10)8-14-3/h4-5,9,12H,6-8H2,1-3H3. The maximum atomic E-state index is 5.62. The molecule has 1 N–H and O–H groups in total. The molecule has 0 fully saturated rings. The molecule has 0 radical (unpaired) electrons. The summed E-state index contributed by atoms with van der Waals surface area (Å²) in [6.45, 7) is 6.29. The molecule has 80 valence electrons. The third-order valence-corrected chi connectivity index (χ3v) is 2.43. The molecule has 0 aromatic carbocycles. The van der Waals surface area contributed by atoms with Crippen molar-refractivity contribution in [2.45, 2.75) is 26.1 Å². The Balaban J connectivity index is 2.28. The van der Waals surface area contributed by atoms with Crippen LogP contribution in [0, 0.1) is 5.92 Å². The van der Waals surface area contributed by atoms with Crippen LogP contribution in [0.15, 0.2) is 16.5 Å². The summed E-state index contributed by atoms with van der Waals surface area (Å²) in [6, 6.07) is 4.11. The van der Waals surface area contributed by atoms with Crippen LogP contribution in [0.3, 0.4) is 0 Å². The Hall–Kier alpha value is -0.410. The van der Waals surface area contributed by atoms with Crippen LogP contribution in [0.2, 0.25) is 0 Å². The smallest absolute Gasteiger partial charge is 0.117 e. The minimum atomic E-state index is 0.690. The topological polar surface area (TPSA) is 25.2 Å². The molecule has 0 aliphatic carbocycles. The zero-order valence-corrected chi connectivity index (χ0v) is 9.99. The van der Waals surface area contributed by atoms with Crippen molar-refractivity contribution in [3.05, 3.63) is 23.7 Å². The normalized spacial score (nSPS) is 11.1. The van der Waals surface area contributed by atoms with Gasteiger partial charge in [-0.25, -0.2) is 0 Å². The van der Waals surface area contributed by atoms with Gasteiger partial charge in [-0.05, 0) is 30.9 Å². The molecule has 0 atom stereocenters. The zero-order valence-electron chi connectivity index (χ0n) is 9.17. The third-order valence-electron chi connectivity index (χ3n) is 1.86. The van der Waals surface area contributed by atoms with E-state index >= 15 is 0 Å². The summed E-state index contributed by atoms with van der Waals surface area (Å²) >= 11 is 1.78. The van der Waals surface area contributed by atoms with Crippen molar-refractivity contribution < 1.29 is 4.42 Å². The van der Waals surface area contributed by atoms with E-state index in [1.165, 1.54) is 0 Å². The first-order valence-corrected chi connectivity index (χ1v) is 6.39. The molecule has 1 aromatic rings. The van der Waals surface area contributed by atoms with E-state index in [1.54, 1.807) is 11.8 Å². The lowest BCUT2D eigenvalue weighted by Gasteiger charge is -2.04. The van der Waals surface area contributed by atoms with E-state index < -0.39 is 0 Å². The molecule has 0 amide bonds. The van der Waals surface area contributed by atoms with Crippen LogP contribution in [-0.2, 0) is 12.3 Å². The average molecular weight is 213 g/mol. The molecule has 14 heavy (non-hydrogen) atoms. The Labute approximate surface area is 90.5 Å². The molecule has 1 heterocycles. The van der Waals surface area contributed by atoms with E-state index in [-0.39, 0.29) is 0 Å². The van der Waals surface area contributed by atoms with Crippen molar-refractivity contribution in [1.82, 2.24) is 5.32 Å². The van der Waals surface area contributed by atoms with Crippen LogP contribution in [0.5, 0.6) is 0 Å². The number of hydrogen-bond acceptors (Lipinski definition) is 3. The molecule has 0 aliphatic heterocycles. The molecule has 1 rings (SSSR count). The van der Waals surface area contributed by atoms with Gasteiger partial charge < -0.3 is 9.73 Å². The van der Waals surface area contributed by atoms with Gasteiger partial charge in [0, 0.05) is 0 Å². The Bertz CT molecular complexity index is 258. The SMILES string of the molecule is CSCc1ccc(CNCC(C)C)o1. The van der Waals surface area contributed by atoms with Gasteiger partial charge in [-0.3, -0.25) is 0 Å². The first-order valence-electron chi connectivity index (χ1n) is 4.99. The highest BCUT2D eigenvalue weighted by atomic mass is 32.2. The van der Waals surface area contributed by atoms with Gasteiger partial charge in [0.15, 0.2) is 0 Å². The molecule has 0 aliphatic rings. The molecule has 1 aromatic heterocycles. The van der Waals surface area contributed by atoms with E-state index in [0.29, 0.717) is 5.92 Å². The second kappa shape index (κ2) is 6.14. The largest absolute Gasteiger partial charge is 0.464 e. The first kappa shape index (κ1) is 11.7. The summed E-state index contributed by atoms with van der Waals surface area (Å²) in [7, 11) is 0. The van der Waals surface area contributed by atoms with Crippen molar-refractivity contribution in [3.63, 3.8) is 0 Å². The number of hydrogen-bond donors (Lipinski definition) is 1. The van der Waals surface area contributed by atoms with Crippen molar-refractivity contribution in [1.29, 1.82) is 0 Å². The zero-order chi connectivity index (χ0) is 10.4. The third kappa shape index (κ3) is 4.20. The molecule has 0 saturated carbocycles. The van der Waals surface area contributed by atoms with Gasteiger partial charge in [-0.15, -0.1) is 0 Å². The van der Waals surface area contributed by atoms with Gasteiger partial charge in [-0.1, -0.05) is 13.8 Å².